The van der Waals surface area contributed by atoms with Gasteiger partial charge in [-0.05, 0) is 19.1 Å². The van der Waals surface area contributed by atoms with Crippen LogP contribution in [0.15, 0.2) is 33.8 Å². The fourth-order valence-corrected chi connectivity index (χ4v) is 2.30. The van der Waals surface area contributed by atoms with Crippen LogP contribution in [-0.2, 0) is 11.2 Å². The lowest BCUT2D eigenvalue weighted by molar-refractivity contribution is 0.179. The number of ether oxygens (including phenoxy) is 1. The second-order valence-electron chi connectivity index (χ2n) is 5.27. The summed E-state index contributed by atoms with van der Waals surface area (Å²) in [4.78, 5) is 8.54. The summed E-state index contributed by atoms with van der Waals surface area (Å²) in [5, 5.41) is 11.0. The van der Waals surface area contributed by atoms with Crippen molar-refractivity contribution in [2.45, 2.75) is 19.4 Å². The van der Waals surface area contributed by atoms with E-state index in [2.05, 4.69) is 25.8 Å². The van der Waals surface area contributed by atoms with Crippen LogP contribution < -0.4 is 10.6 Å². The zero-order valence-electron chi connectivity index (χ0n) is 14.5. The first-order chi connectivity index (χ1) is 11.6. The third-order valence-electron chi connectivity index (χ3n) is 3.21. The third-order valence-corrected chi connectivity index (χ3v) is 3.44. The molecule has 0 fully saturated rings. The van der Waals surface area contributed by atoms with Crippen molar-refractivity contribution >= 4 is 41.5 Å². The van der Waals surface area contributed by atoms with Crippen molar-refractivity contribution in [1.29, 1.82) is 0 Å². The Morgan fingerprint density at radius 2 is 2.24 bits per heavy atom. The summed E-state index contributed by atoms with van der Waals surface area (Å²) in [5.41, 5.74) is 0.830. The van der Waals surface area contributed by atoms with Crippen molar-refractivity contribution in [2.24, 2.45) is 4.99 Å². The lowest BCUT2D eigenvalue weighted by atomic mass is 10.2. The quantitative estimate of drug-likeness (QED) is 0.361. The summed E-state index contributed by atoms with van der Waals surface area (Å²) in [6.07, 6.45) is 0.590. The van der Waals surface area contributed by atoms with Crippen LogP contribution in [0.2, 0.25) is 5.02 Å². The second-order valence-corrected chi connectivity index (χ2v) is 5.71. The van der Waals surface area contributed by atoms with E-state index in [1.807, 2.05) is 19.1 Å². The number of rotatable bonds is 7. The van der Waals surface area contributed by atoms with Crippen LogP contribution in [0.4, 0.5) is 0 Å². The molecule has 0 spiro atoms. The van der Waals surface area contributed by atoms with Crippen LogP contribution >= 0.6 is 35.6 Å². The summed E-state index contributed by atoms with van der Waals surface area (Å²) >= 11 is 5.97. The molecule has 1 heterocycles. The van der Waals surface area contributed by atoms with Crippen LogP contribution in [0.5, 0.6) is 0 Å². The standard InChI is InChI=1S/C16H22ClN5O2.HI/c1-11(10-23-3)20-16(18-2)19-8-7-14-21-15(22-24-14)12-5-4-6-13(17)9-12;/h4-6,9,11H,7-8,10H2,1-3H3,(H2,18,19,20);1H. The summed E-state index contributed by atoms with van der Waals surface area (Å²) < 4.78 is 10.4. The van der Waals surface area contributed by atoms with Gasteiger partial charge in [-0.15, -0.1) is 24.0 Å². The fraction of sp³-hybridized carbons (Fsp3) is 0.438. The van der Waals surface area contributed by atoms with Gasteiger partial charge in [0, 0.05) is 43.8 Å². The van der Waals surface area contributed by atoms with Gasteiger partial charge in [0.05, 0.1) is 6.61 Å². The van der Waals surface area contributed by atoms with E-state index in [-0.39, 0.29) is 30.0 Å². The highest BCUT2D eigenvalue weighted by atomic mass is 127. The van der Waals surface area contributed by atoms with Crippen molar-refractivity contribution in [3.63, 3.8) is 0 Å². The molecule has 138 valence electrons. The Balaban J connectivity index is 0.00000312. The number of hydrogen-bond donors (Lipinski definition) is 2. The monoisotopic (exact) mass is 479 g/mol. The summed E-state index contributed by atoms with van der Waals surface area (Å²) in [6.45, 7) is 3.25. The molecule has 0 saturated heterocycles. The molecule has 0 aliphatic heterocycles. The first kappa shape index (κ1) is 21.7. The van der Waals surface area contributed by atoms with E-state index in [0.29, 0.717) is 42.3 Å². The zero-order chi connectivity index (χ0) is 17.4. The maximum absolute atomic E-state index is 5.97. The third kappa shape index (κ3) is 7.17. The molecule has 1 aromatic carbocycles. The molecule has 0 aliphatic carbocycles. The van der Waals surface area contributed by atoms with Crippen molar-refractivity contribution in [3.8, 4) is 11.4 Å². The van der Waals surface area contributed by atoms with Gasteiger partial charge in [0.15, 0.2) is 5.96 Å². The SMILES string of the molecule is CN=C(NCCc1nc(-c2cccc(Cl)c2)no1)NC(C)COC.I. The van der Waals surface area contributed by atoms with E-state index in [1.54, 1.807) is 26.3 Å². The fourth-order valence-electron chi connectivity index (χ4n) is 2.11. The van der Waals surface area contributed by atoms with E-state index in [4.69, 9.17) is 20.9 Å². The molecule has 0 saturated carbocycles. The van der Waals surface area contributed by atoms with Crippen molar-refractivity contribution in [2.75, 3.05) is 27.3 Å². The Bertz CT molecular complexity index is 680. The number of benzene rings is 1. The molecule has 9 heteroatoms. The molecule has 2 aromatic rings. The highest BCUT2D eigenvalue weighted by molar-refractivity contribution is 14.0. The number of guanidine groups is 1. The molecule has 0 radical (unpaired) electrons. The Hall–Kier alpha value is -1.39. The molecular weight excluding hydrogens is 457 g/mol. The van der Waals surface area contributed by atoms with E-state index < -0.39 is 0 Å². The minimum absolute atomic E-state index is 0. The zero-order valence-corrected chi connectivity index (χ0v) is 17.5. The highest BCUT2D eigenvalue weighted by Gasteiger charge is 2.10. The highest BCUT2D eigenvalue weighted by Crippen LogP contribution is 2.19. The first-order valence-corrected chi connectivity index (χ1v) is 8.04. The van der Waals surface area contributed by atoms with E-state index in [1.165, 1.54) is 0 Å². The van der Waals surface area contributed by atoms with E-state index in [0.717, 1.165) is 5.56 Å². The predicted octanol–water partition coefficient (Wildman–Crippen LogP) is 2.75. The lowest BCUT2D eigenvalue weighted by Gasteiger charge is -2.16. The molecule has 7 nitrogen and oxygen atoms in total. The minimum Gasteiger partial charge on any atom is -0.383 e. The number of nitrogens with zero attached hydrogens (tertiary/aromatic N) is 3. The van der Waals surface area contributed by atoms with Gasteiger partial charge in [0.1, 0.15) is 0 Å². The van der Waals surface area contributed by atoms with Gasteiger partial charge in [-0.2, -0.15) is 4.98 Å². The van der Waals surface area contributed by atoms with Gasteiger partial charge in [0.25, 0.3) is 0 Å². The predicted molar refractivity (Wildman–Crippen MR) is 110 cm³/mol. The van der Waals surface area contributed by atoms with Crippen molar-refractivity contribution in [3.05, 3.63) is 35.2 Å². The minimum atomic E-state index is 0. The molecular formula is C16H23ClIN5O2. The van der Waals surface area contributed by atoms with Crippen LogP contribution in [0.1, 0.15) is 12.8 Å². The molecule has 2 rings (SSSR count). The van der Waals surface area contributed by atoms with Gasteiger partial charge in [0.2, 0.25) is 11.7 Å². The Kier molecular flexibility index (Phi) is 9.76. The number of hydrogen-bond acceptors (Lipinski definition) is 5. The van der Waals surface area contributed by atoms with Crippen molar-refractivity contribution in [1.82, 2.24) is 20.8 Å². The molecule has 25 heavy (non-hydrogen) atoms. The Labute approximate surface area is 169 Å². The van der Waals surface area contributed by atoms with Gasteiger partial charge in [-0.3, -0.25) is 4.99 Å². The lowest BCUT2D eigenvalue weighted by Crippen LogP contribution is -2.44. The number of aliphatic imine (C=N–C) groups is 1. The van der Waals surface area contributed by atoms with Gasteiger partial charge < -0.3 is 19.9 Å². The van der Waals surface area contributed by atoms with E-state index in [9.17, 15) is 0 Å². The Morgan fingerprint density at radius 1 is 1.44 bits per heavy atom. The summed E-state index contributed by atoms with van der Waals surface area (Å²) in [6, 6.07) is 7.52. The maximum atomic E-state index is 5.97. The first-order valence-electron chi connectivity index (χ1n) is 7.67. The van der Waals surface area contributed by atoms with Gasteiger partial charge >= 0.3 is 0 Å². The average molecular weight is 480 g/mol. The van der Waals surface area contributed by atoms with Crippen LogP contribution in [-0.4, -0.2) is 49.5 Å². The molecule has 0 aliphatic rings. The number of halogens is 2. The molecule has 1 atom stereocenters. The smallest absolute Gasteiger partial charge is 0.228 e. The van der Waals surface area contributed by atoms with Gasteiger partial charge in [-0.1, -0.05) is 28.9 Å². The molecule has 0 amide bonds. The summed E-state index contributed by atoms with van der Waals surface area (Å²) in [5.74, 6) is 1.79. The normalized spacial score (nSPS) is 12.4. The van der Waals surface area contributed by atoms with Crippen LogP contribution in [0, 0.1) is 0 Å². The van der Waals surface area contributed by atoms with E-state index >= 15 is 0 Å². The topological polar surface area (TPSA) is 84.6 Å². The average Bonchev–Trinajstić information content (AvgIpc) is 3.03. The maximum Gasteiger partial charge on any atom is 0.228 e. The molecule has 2 N–H and O–H groups in total. The Morgan fingerprint density at radius 3 is 2.92 bits per heavy atom. The molecule has 0 bridgehead atoms. The second kappa shape index (κ2) is 11.3. The number of aromatic nitrogens is 2. The largest absolute Gasteiger partial charge is 0.383 e. The van der Waals surface area contributed by atoms with Gasteiger partial charge in [-0.25, -0.2) is 0 Å². The molecule has 1 aromatic heterocycles. The number of nitrogens with one attached hydrogen (secondary N) is 2. The number of methoxy groups -OCH3 is 1. The molecule has 1 unspecified atom stereocenters. The van der Waals surface area contributed by atoms with Crippen molar-refractivity contribution < 1.29 is 9.26 Å². The van der Waals surface area contributed by atoms with Crippen LogP contribution in [0.3, 0.4) is 0 Å². The summed E-state index contributed by atoms with van der Waals surface area (Å²) in [7, 11) is 3.39. The van der Waals surface area contributed by atoms with Crippen LogP contribution in [0.25, 0.3) is 11.4 Å².